The third kappa shape index (κ3) is 3.19. The van der Waals surface area contributed by atoms with E-state index in [1.54, 1.807) is 0 Å². The molecule has 1 atom stereocenters. The molecule has 1 aliphatic rings. The average Bonchev–Trinajstić information content (AvgIpc) is 2.58. The summed E-state index contributed by atoms with van der Waals surface area (Å²) in [5, 5.41) is 0. The molecule has 0 saturated carbocycles. The van der Waals surface area contributed by atoms with Crippen molar-refractivity contribution in [2.24, 2.45) is 0 Å². The van der Waals surface area contributed by atoms with E-state index in [9.17, 15) is 16.8 Å². The molecule has 1 rings (SSSR count). The fourth-order valence-corrected chi connectivity index (χ4v) is 2.96. The van der Waals surface area contributed by atoms with E-state index in [-0.39, 0.29) is 6.61 Å². The van der Waals surface area contributed by atoms with Crippen LogP contribution in [0.5, 0.6) is 0 Å². The van der Waals surface area contributed by atoms with Gasteiger partial charge in [-0.05, 0) is 0 Å². The molecular formula is C4H8O7S2. The molecule has 0 radical (unpaired) electrons. The van der Waals surface area contributed by atoms with Crippen LogP contribution in [0.25, 0.3) is 0 Å². The van der Waals surface area contributed by atoms with Gasteiger partial charge in [0.15, 0.2) is 0 Å². The van der Waals surface area contributed by atoms with Crippen LogP contribution in [0.2, 0.25) is 0 Å². The molecule has 0 aliphatic carbocycles. The minimum Gasteiger partial charge on any atom is -0.373 e. The van der Waals surface area contributed by atoms with Crippen LogP contribution in [0, 0.1) is 0 Å². The van der Waals surface area contributed by atoms with E-state index in [0.717, 1.165) is 0 Å². The Hall–Kier alpha value is -0.220. The Bertz CT molecular complexity index is 343. The zero-order valence-electron chi connectivity index (χ0n) is 6.32. The molecule has 1 heterocycles. The summed E-state index contributed by atoms with van der Waals surface area (Å²) in [6.07, 6.45) is -0.966. The van der Waals surface area contributed by atoms with Gasteiger partial charge in [-0.25, -0.2) is 0 Å². The summed E-state index contributed by atoms with van der Waals surface area (Å²) < 4.78 is 61.3. The Kier molecular flexibility index (Phi) is 2.65. The summed E-state index contributed by atoms with van der Waals surface area (Å²) >= 11 is 0. The summed E-state index contributed by atoms with van der Waals surface area (Å²) in [7, 11) is -9.59. The van der Waals surface area contributed by atoms with Gasteiger partial charge in [0.25, 0.3) is 20.2 Å². The first-order valence-electron chi connectivity index (χ1n) is 3.25. The molecule has 78 valence electrons. The second kappa shape index (κ2) is 3.17. The highest BCUT2D eigenvalue weighted by atomic mass is 32.3. The summed E-state index contributed by atoms with van der Waals surface area (Å²) in [5.74, 6) is 0. The molecule has 2 N–H and O–H groups in total. The minimum absolute atomic E-state index is 0.238. The highest BCUT2D eigenvalue weighted by Crippen LogP contribution is 2.22. The first-order valence-corrected chi connectivity index (χ1v) is 6.26. The van der Waals surface area contributed by atoms with Crippen LogP contribution in [-0.2, 0) is 25.0 Å². The third-order valence-electron chi connectivity index (χ3n) is 1.52. The second-order valence-electron chi connectivity index (χ2n) is 2.65. The average molecular weight is 232 g/mol. The first-order chi connectivity index (χ1) is 5.71. The fourth-order valence-electron chi connectivity index (χ4n) is 0.816. The van der Waals surface area contributed by atoms with Gasteiger partial charge in [-0.15, -0.1) is 0 Å². The lowest BCUT2D eigenvalue weighted by atomic mass is 10.4. The van der Waals surface area contributed by atoms with E-state index < -0.39 is 37.3 Å². The summed E-state index contributed by atoms with van der Waals surface area (Å²) in [6, 6.07) is 0. The number of rotatable bonds is 4. The lowest BCUT2D eigenvalue weighted by Gasteiger charge is -2.07. The van der Waals surface area contributed by atoms with E-state index in [0.29, 0.717) is 0 Å². The predicted molar refractivity (Wildman–Crippen MR) is 41.2 cm³/mol. The Morgan fingerprint density at radius 2 is 1.62 bits per heavy atom. The minimum atomic E-state index is -4.80. The summed E-state index contributed by atoms with van der Waals surface area (Å²) in [6.45, 7) is 0.238. The van der Waals surface area contributed by atoms with Gasteiger partial charge in [0.1, 0.15) is 0 Å². The van der Waals surface area contributed by atoms with Gasteiger partial charge in [0.2, 0.25) is 4.58 Å². The monoisotopic (exact) mass is 232 g/mol. The molecule has 7 nitrogen and oxygen atoms in total. The highest BCUT2D eigenvalue weighted by Gasteiger charge is 2.41. The maximum atomic E-state index is 10.5. The van der Waals surface area contributed by atoms with Crippen LogP contribution in [-0.4, -0.2) is 43.2 Å². The molecule has 0 aromatic heterocycles. The van der Waals surface area contributed by atoms with E-state index in [1.165, 1.54) is 0 Å². The zero-order chi connectivity index (χ0) is 10.3. The molecule has 0 aromatic carbocycles. The van der Waals surface area contributed by atoms with Crippen LogP contribution in [0.15, 0.2) is 0 Å². The molecule has 0 amide bonds. The second-order valence-corrected chi connectivity index (χ2v) is 6.15. The molecule has 0 spiro atoms. The molecule has 0 bridgehead atoms. The van der Waals surface area contributed by atoms with Crippen molar-refractivity contribution in [1.82, 2.24) is 0 Å². The van der Waals surface area contributed by atoms with E-state index in [4.69, 9.17) is 9.11 Å². The molecule has 1 unspecified atom stereocenters. The van der Waals surface area contributed by atoms with Crippen molar-refractivity contribution in [3.8, 4) is 0 Å². The van der Waals surface area contributed by atoms with Crippen molar-refractivity contribution < 1.29 is 30.7 Å². The molecule has 1 saturated heterocycles. The van der Waals surface area contributed by atoms with Crippen LogP contribution in [0.1, 0.15) is 6.42 Å². The van der Waals surface area contributed by atoms with Gasteiger partial charge >= 0.3 is 0 Å². The highest BCUT2D eigenvalue weighted by molar-refractivity contribution is 8.03. The summed E-state index contributed by atoms with van der Waals surface area (Å²) in [4.78, 5) is 0. The van der Waals surface area contributed by atoms with Gasteiger partial charge < -0.3 is 4.74 Å². The third-order valence-corrected chi connectivity index (χ3v) is 4.70. The lowest BCUT2D eigenvalue weighted by Crippen LogP contribution is -2.30. The van der Waals surface area contributed by atoms with Crippen LogP contribution in [0.4, 0.5) is 0 Å². The van der Waals surface area contributed by atoms with Crippen LogP contribution >= 0.6 is 0 Å². The maximum Gasteiger partial charge on any atom is 0.284 e. The molecule has 9 heteroatoms. The molecule has 1 fully saturated rings. The Morgan fingerprint density at radius 1 is 1.23 bits per heavy atom. The molecule has 13 heavy (non-hydrogen) atoms. The predicted octanol–water partition coefficient (Wildman–Crippen LogP) is -1.12. The molecular weight excluding hydrogens is 224 g/mol. The van der Waals surface area contributed by atoms with E-state index in [1.807, 2.05) is 0 Å². The van der Waals surface area contributed by atoms with Gasteiger partial charge in [-0.2, -0.15) is 16.8 Å². The van der Waals surface area contributed by atoms with Crippen molar-refractivity contribution in [3.05, 3.63) is 0 Å². The van der Waals surface area contributed by atoms with E-state index >= 15 is 0 Å². The number of hydrogen-bond acceptors (Lipinski definition) is 5. The van der Waals surface area contributed by atoms with Gasteiger partial charge in [0.05, 0.1) is 12.7 Å². The van der Waals surface area contributed by atoms with Gasteiger partial charge in [0, 0.05) is 6.42 Å². The van der Waals surface area contributed by atoms with Crippen molar-refractivity contribution in [3.63, 3.8) is 0 Å². The van der Waals surface area contributed by atoms with E-state index in [2.05, 4.69) is 4.74 Å². The number of ether oxygens (including phenoxy) is 1. The fraction of sp³-hybridized carbons (Fsp3) is 1.00. The topological polar surface area (TPSA) is 121 Å². The molecule has 1 aliphatic heterocycles. The largest absolute Gasteiger partial charge is 0.373 e. The number of hydrogen-bond donors (Lipinski definition) is 2. The Labute approximate surface area is 75.2 Å². The normalized spacial score (nSPS) is 23.5. The Morgan fingerprint density at radius 3 is 1.85 bits per heavy atom. The van der Waals surface area contributed by atoms with Crippen LogP contribution < -0.4 is 0 Å². The quantitative estimate of drug-likeness (QED) is 0.465. The molecule has 0 aromatic rings. The van der Waals surface area contributed by atoms with Crippen molar-refractivity contribution in [2.75, 3.05) is 6.61 Å². The van der Waals surface area contributed by atoms with Crippen molar-refractivity contribution >= 4 is 20.2 Å². The van der Waals surface area contributed by atoms with Crippen molar-refractivity contribution in [2.45, 2.75) is 17.1 Å². The van der Waals surface area contributed by atoms with Crippen LogP contribution in [0.3, 0.4) is 0 Å². The van der Waals surface area contributed by atoms with Gasteiger partial charge in [-0.3, -0.25) is 9.11 Å². The van der Waals surface area contributed by atoms with Crippen molar-refractivity contribution in [1.29, 1.82) is 0 Å². The standard InChI is InChI=1S/C4H8O7S2/c5-12(6,7)4(13(8,9)10)1-3-2-11-3/h3-4H,1-2H2,(H,5,6,7)(H,8,9,10). The first kappa shape index (κ1) is 10.9. The lowest BCUT2D eigenvalue weighted by molar-refractivity contribution is 0.387. The summed E-state index contributed by atoms with van der Waals surface area (Å²) in [5.41, 5.74) is 0. The smallest absolute Gasteiger partial charge is 0.284 e. The SMILES string of the molecule is O=S(=O)(O)C(CC1CO1)S(=O)(=O)O. The van der Waals surface area contributed by atoms with Gasteiger partial charge in [-0.1, -0.05) is 0 Å². The Balaban J connectivity index is 2.88. The zero-order valence-corrected chi connectivity index (χ0v) is 7.95. The number of epoxide rings is 1. The maximum absolute atomic E-state index is 10.5.